The molecule has 0 saturated carbocycles. The molecule has 0 unspecified atom stereocenters. The molecule has 3 amide bonds. The highest BCUT2D eigenvalue weighted by atomic mass is 16.6. The normalized spacial score (nSPS) is 12.3. The molecular formula is C26H35N3O7. The second kappa shape index (κ2) is 13.8. The van der Waals surface area contributed by atoms with Crippen LogP contribution in [0.1, 0.15) is 51.8 Å². The van der Waals surface area contributed by atoms with E-state index in [0.29, 0.717) is 11.3 Å². The fraction of sp³-hybridized carbons (Fsp3) is 0.423. The minimum absolute atomic E-state index is 0.0639. The van der Waals surface area contributed by atoms with Crippen LogP contribution >= 0.6 is 0 Å². The predicted octanol–water partition coefficient (Wildman–Crippen LogP) is 4.95. The summed E-state index contributed by atoms with van der Waals surface area (Å²) in [4.78, 5) is 38.1. The molecule has 0 aromatic heterocycles. The smallest absolute Gasteiger partial charge is 0.429 e. The van der Waals surface area contributed by atoms with Gasteiger partial charge in [0.2, 0.25) is 0 Å². The van der Waals surface area contributed by atoms with Crippen molar-refractivity contribution < 1.29 is 33.3 Å². The van der Waals surface area contributed by atoms with E-state index in [-0.39, 0.29) is 6.61 Å². The van der Waals surface area contributed by atoms with Crippen molar-refractivity contribution in [2.45, 2.75) is 65.5 Å². The third-order valence-electron chi connectivity index (χ3n) is 4.94. The highest BCUT2D eigenvalue weighted by Crippen LogP contribution is 2.24. The van der Waals surface area contributed by atoms with E-state index < -0.39 is 42.6 Å². The Labute approximate surface area is 211 Å². The first kappa shape index (κ1) is 28.3. The van der Waals surface area contributed by atoms with E-state index in [0.717, 1.165) is 10.6 Å². The molecule has 2 rings (SSSR count). The van der Waals surface area contributed by atoms with Gasteiger partial charge in [-0.15, -0.1) is 0 Å². The molecule has 0 spiro atoms. The van der Waals surface area contributed by atoms with Gasteiger partial charge in [0.25, 0.3) is 0 Å². The van der Waals surface area contributed by atoms with Crippen LogP contribution in [0.25, 0.3) is 0 Å². The number of hydrogen-bond donors (Lipinski definition) is 2. The predicted molar refractivity (Wildman–Crippen MR) is 133 cm³/mol. The van der Waals surface area contributed by atoms with Gasteiger partial charge in [-0.2, -0.15) is 0 Å². The van der Waals surface area contributed by atoms with Gasteiger partial charge in [0.05, 0.1) is 31.4 Å². The third kappa shape index (κ3) is 9.01. The molecule has 10 heteroatoms. The Morgan fingerprint density at radius 3 is 2.00 bits per heavy atom. The summed E-state index contributed by atoms with van der Waals surface area (Å²) in [5, 5.41) is 3.80. The molecule has 0 fully saturated rings. The molecule has 196 valence electrons. The van der Waals surface area contributed by atoms with Gasteiger partial charge in [0, 0.05) is 0 Å². The monoisotopic (exact) mass is 501 g/mol. The Morgan fingerprint density at radius 2 is 1.44 bits per heavy atom. The minimum Gasteiger partial charge on any atom is -0.497 e. The minimum atomic E-state index is -0.835. The van der Waals surface area contributed by atoms with E-state index in [1.807, 2.05) is 30.3 Å². The number of rotatable bonds is 9. The second-order valence-electron chi connectivity index (χ2n) is 8.57. The molecule has 0 aliphatic carbocycles. The Balaban J connectivity index is 2.31. The van der Waals surface area contributed by atoms with Gasteiger partial charge < -0.3 is 24.3 Å². The van der Waals surface area contributed by atoms with E-state index in [4.69, 9.17) is 18.9 Å². The van der Waals surface area contributed by atoms with Crippen LogP contribution in [-0.4, -0.2) is 48.6 Å². The number of nitrogens with one attached hydrogen (secondary N) is 2. The Hall–Kier alpha value is -3.95. The van der Waals surface area contributed by atoms with Crippen molar-refractivity contribution in [3.05, 3.63) is 65.7 Å². The maximum absolute atomic E-state index is 12.9. The number of carbonyl (C=O) groups excluding carboxylic acids is 3. The summed E-state index contributed by atoms with van der Waals surface area (Å²) in [6, 6.07) is 14.6. The number of ether oxygens (including phenoxy) is 4. The van der Waals surface area contributed by atoms with Gasteiger partial charge in [-0.1, -0.05) is 42.5 Å². The van der Waals surface area contributed by atoms with Gasteiger partial charge in [0.15, 0.2) is 0 Å². The molecule has 2 atom stereocenters. The molecule has 0 bridgehead atoms. The van der Waals surface area contributed by atoms with Crippen LogP contribution in [0, 0.1) is 0 Å². The van der Waals surface area contributed by atoms with Crippen LogP contribution < -0.4 is 15.5 Å². The topological polar surface area (TPSA) is 115 Å². The molecule has 0 saturated heterocycles. The number of hydrazine groups is 1. The standard InChI is InChI=1S/C26H35N3O7/c1-17(2)35-25(31)28-29(26(32)36-18(3)4)19(5)23(21-12-14-22(33-6)15-13-21)27-24(30)34-16-20-10-8-7-9-11-20/h7-15,17-19,23H,16H2,1-6H3,(H,27,30)(H,28,31)/t19-,23+/m1/s1. The van der Waals surface area contributed by atoms with E-state index in [1.165, 1.54) is 0 Å². The van der Waals surface area contributed by atoms with Gasteiger partial charge in [0.1, 0.15) is 12.4 Å². The number of carbonyl (C=O) groups is 3. The summed E-state index contributed by atoms with van der Waals surface area (Å²) in [7, 11) is 1.54. The average Bonchev–Trinajstić information content (AvgIpc) is 2.84. The molecule has 2 aromatic carbocycles. The van der Waals surface area contributed by atoms with Crippen molar-refractivity contribution in [1.29, 1.82) is 0 Å². The Morgan fingerprint density at radius 1 is 0.833 bits per heavy atom. The van der Waals surface area contributed by atoms with Crippen LogP contribution in [0.2, 0.25) is 0 Å². The first-order valence-electron chi connectivity index (χ1n) is 11.7. The van der Waals surface area contributed by atoms with Crippen molar-refractivity contribution in [2.24, 2.45) is 0 Å². The largest absolute Gasteiger partial charge is 0.497 e. The summed E-state index contributed by atoms with van der Waals surface area (Å²) in [5.41, 5.74) is 3.90. The fourth-order valence-electron chi connectivity index (χ4n) is 3.25. The number of methoxy groups -OCH3 is 1. The summed E-state index contributed by atoms with van der Waals surface area (Å²) in [6.45, 7) is 8.47. The highest BCUT2D eigenvalue weighted by Gasteiger charge is 2.33. The first-order valence-corrected chi connectivity index (χ1v) is 11.7. The molecule has 2 aromatic rings. The summed E-state index contributed by atoms with van der Waals surface area (Å²) < 4.78 is 21.1. The third-order valence-corrected chi connectivity index (χ3v) is 4.94. The average molecular weight is 502 g/mol. The van der Waals surface area contributed by atoms with Crippen molar-refractivity contribution in [1.82, 2.24) is 15.8 Å². The fourth-order valence-corrected chi connectivity index (χ4v) is 3.25. The second-order valence-corrected chi connectivity index (χ2v) is 8.57. The lowest BCUT2D eigenvalue weighted by Gasteiger charge is -2.34. The van der Waals surface area contributed by atoms with Gasteiger partial charge >= 0.3 is 18.3 Å². The maximum atomic E-state index is 12.9. The quantitative estimate of drug-likeness (QED) is 0.369. The molecule has 2 N–H and O–H groups in total. The first-order chi connectivity index (χ1) is 17.1. The highest BCUT2D eigenvalue weighted by molar-refractivity contribution is 5.75. The molecule has 36 heavy (non-hydrogen) atoms. The number of benzene rings is 2. The molecule has 0 aliphatic heterocycles. The van der Waals surface area contributed by atoms with Crippen molar-refractivity contribution in [3.63, 3.8) is 0 Å². The maximum Gasteiger partial charge on any atom is 0.429 e. The zero-order chi connectivity index (χ0) is 26.7. The molecule has 10 nitrogen and oxygen atoms in total. The van der Waals surface area contributed by atoms with Crippen LogP contribution in [0.15, 0.2) is 54.6 Å². The van der Waals surface area contributed by atoms with Gasteiger partial charge in [-0.05, 0) is 57.9 Å². The van der Waals surface area contributed by atoms with Gasteiger partial charge in [-0.3, -0.25) is 0 Å². The molecular weight excluding hydrogens is 466 g/mol. The molecule has 0 radical (unpaired) electrons. The number of nitrogens with zero attached hydrogens (tertiary/aromatic N) is 1. The van der Waals surface area contributed by atoms with Crippen LogP contribution in [0.3, 0.4) is 0 Å². The lowest BCUT2D eigenvalue weighted by atomic mass is 10.00. The van der Waals surface area contributed by atoms with Crippen molar-refractivity contribution >= 4 is 18.3 Å². The van der Waals surface area contributed by atoms with E-state index >= 15 is 0 Å². The summed E-state index contributed by atoms with van der Waals surface area (Å²) in [6.07, 6.45) is -3.20. The van der Waals surface area contributed by atoms with E-state index in [2.05, 4.69) is 10.7 Å². The zero-order valence-electron chi connectivity index (χ0n) is 21.5. The number of alkyl carbamates (subject to hydrolysis) is 1. The number of hydrogen-bond acceptors (Lipinski definition) is 7. The number of amides is 3. The van der Waals surface area contributed by atoms with Crippen LogP contribution in [0.4, 0.5) is 14.4 Å². The van der Waals surface area contributed by atoms with E-state index in [9.17, 15) is 14.4 Å². The SMILES string of the molecule is COc1ccc([C@@H](NC(=O)OCc2ccccc2)[C@@H](C)N(NC(=O)OC(C)C)C(=O)OC(C)C)cc1. The molecule has 0 aliphatic rings. The summed E-state index contributed by atoms with van der Waals surface area (Å²) in [5.74, 6) is 0.617. The Kier molecular flexibility index (Phi) is 10.9. The Bertz CT molecular complexity index is 981. The summed E-state index contributed by atoms with van der Waals surface area (Å²) >= 11 is 0. The lowest BCUT2D eigenvalue weighted by Crippen LogP contribution is -2.56. The van der Waals surface area contributed by atoms with Crippen LogP contribution in [-0.2, 0) is 20.8 Å². The van der Waals surface area contributed by atoms with Crippen molar-refractivity contribution in [3.8, 4) is 5.75 Å². The van der Waals surface area contributed by atoms with E-state index in [1.54, 1.807) is 66.0 Å². The molecule has 0 heterocycles. The van der Waals surface area contributed by atoms with Crippen LogP contribution in [0.5, 0.6) is 5.75 Å². The van der Waals surface area contributed by atoms with Crippen molar-refractivity contribution in [2.75, 3.05) is 7.11 Å². The lowest BCUT2D eigenvalue weighted by molar-refractivity contribution is 0.0267. The zero-order valence-corrected chi connectivity index (χ0v) is 21.5. The van der Waals surface area contributed by atoms with Gasteiger partial charge in [-0.25, -0.2) is 24.8 Å².